The first-order valence-corrected chi connectivity index (χ1v) is 14.5. The Bertz CT molecular complexity index is 1340. The fourth-order valence-corrected chi connectivity index (χ4v) is 7.34. The van der Waals surface area contributed by atoms with Crippen LogP contribution in [0.2, 0.25) is 0 Å². The number of aromatic nitrogens is 1. The number of fused-ring (bicyclic) bond motifs is 1. The number of nitrogens with one attached hydrogen (secondary N) is 2. The van der Waals surface area contributed by atoms with Crippen LogP contribution >= 0.6 is 0 Å². The number of carbonyl (C=O) groups is 2. The van der Waals surface area contributed by atoms with Crippen LogP contribution in [0.25, 0.3) is 10.9 Å². The molecule has 4 fully saturated rings. The van der Waals surface area contributed by atoms with Crippen molar-refractivity contribution in [2.75, 3.05) is 6.54 Å². The van der Waals surface area contributed by atoms with Gasteiger partial charge >= 0.3 is 7.12 Å². The topological polar surface area (TPSA) is 111 Å². The smallest absolute Gasteiger partial charge is 0.404 e. The zero-order chi connectivity index (χ0) is 28.2. The molecule has 0 radical (unpaired) electrons. The monoisotopic (exact) mass is 546 g/mol. The maximum atomic E-state index is 13.3. The van der Waals surface area contributed by atoms with Gasteiger partial charge < -0.3 is 24.8 Å². The second-order valence-electron chi connectivity index (χ2n) is 13.1. The molecular weight excluding hydrogens is 507 g/mol. The predicted octanol–water partition coefficient (Wildman–Crippen LogP) is 3.91. The van der Waals surface area contributed by atoms with Crippen molar-refractivity contribution in [1.29, 1.82) is 0 Å². The van der Waals surface area contributed by atoms with Gasteiger partial charge in [0.1, 0.15) is 0 Å². The third kappa shape index (κ3) is 4.69. The maximum absolute atomic E-state index is 13.3. The molecule has 3 saturated carbocycles. The zero-order valence-electron chi connectivity index (χ0n) is 24.0. The first-order chi connectivity index (χ1) is 19.1. The minimum atomic E-state index is -0.755. The van der Waals surface area contributed by atoms with Crippen molar-refractivity contribution >= 4 is 35.5 Å². The molecule has 1 aromatic carbocycles. The minimum absolute atomic E-state index is 0.0552. The summed E-state index contributed by atoms with van der Waals surface area (Å²) < 4.78 is 13.2. The van der Waals surface area contributed by atoms with E-state index in [1.54, 1.807) is 12.3 Å². The standard InChI is InChI=1S/C30H39BN4O5/c1-17(2)12-26(31-38-25-14-18-13-24(29(18,3)4)30(25,5)40-31)34-28(37)23-15-19(35-39-23)16-33-27(36)21-8-6-10-22-20(21)9-7-11-32-22/h6-11,17-18,23-26H,12-16H2,1-5H3,(H,33,36)(H,34,37)/t18-,23?,24-,25+,26-,30-/m0/s1. The fourth-order valence-electron chi connectivity index (χ4n) is 7.34. The lowest BCUT2D eigenvalue weighted by Gasteiger charge is -2.64. The highest BCUT2D eigenvalue weighted by Gasteiger charge is 2.68. The molecule has 40 heavy (non-hydrogen) atoms. The summed E-state index contributed by atoms with van der Waals surface area (Å²) in [4.78, 5) is 36.0. The molecule has 2 amide bonds. The van der Waals surface area contributed by atoms with E-state index in [4.69, 9.17) is 14.1 Å². The molecule has 3 heterocycles. The summed E-state index contributed by atoms with van der Waals surface area (Å²) in [6.07, 6.45) is 4.22. The van der Waals surface area contributed by atoms with Gasteiger partial charge in [-0.2, -0.15) is 0 Å². The van der Waals surface area contributed by atoms with Crippen LogP contribution in [-0.2, 0) is 18.9 Å². The molecule has 9 nitrogen and oxygen atoms in total. The number of carbonyl (C=O) groups excluding carboxylic acids is 2. The van der Waals surface area contributed by atoms with E-state index in [1.165, 1.54) is 6.42 Å². The number of oxime groups is 1. The average Bonchev–Trinajstić information content (AvgIpc) is 3.54. The minimum Gasteiger partial charge on any atom is -0.404 e. The van der Waals surface area contributed by atoms with Crippen molar-refractivity contribution in [2.24, 2.45) is 28.3 Å². The van der Waals surface area contributed by atoms with Crippen LogP contribution in [0.4, 0.5) is 0 Å². The second-order valence-corrected chi connectivity index (χ2v) is 13.1. The van der Waals surface area contributed by atoms with Gasteiger partial charge in [0.05, 0.1) is 35.4 Å². The summed E-state index contributed by atoms with van der Waals surface area (Å²) in [6, 6.07) is 9.13. The normalized spacial score (nSPS) is 30.8. The van der Waals surface area contributed by atoms with Gasteiger partial charge in [-0.1, -0.05) is 45.0 Å². The Labute approximate surface area is 235 Å². The van der Waals surface area contributed by atoms with E-state index in [9.17, 15) is 9.59 Å². The Morgan fingerprint density at radius 1 is 1.15 bits per heavy atom. The molecule has 6 atom stereocenters. The van der Waals surface area contributed by atoms with E-state index in [1.807, 2.05) is 24.3 Å². The van der Waals surface area contributed by atoms with Gasteiger partial charge in [0.25, 0.3) is 11.8 Å². The molecule has 5 aliphatic rings. The Morgan fingerprint density at radius 3 is 2.75 bits per heavy atom. The lowest BCUT2D eigenvalue weighted by atomic mass is 9.43. The van der Waals surface area contributed by atoms with Crippen molar-refractivity contribution in [2.45, 2.75) is 84.1 Å². The lowest BCUT2D eigenvalue weighted by molar-refractivity contribution is -0.199. The predicted molar refractivity (Wildman–Crippen MR) is 152 cm³/mol. The molecule has 2 N–H and O–H groups in total. The number of hydrogen-bond acceptors (Lipinski definition) is 7. The summed E-state index contributed by atoms with van der Waals surface area (Å²) >= 11 is 0. The summed E-state index contributed by atoms with van der Waals surface area (Å²) in [6.45, 7) is 11.3. The Balaban J connectivity index is 1.05. The van der Waals surface area contributed by atoms with Crippen molar-refractivity contribution in [3.05, 3.63) is 42.1 Å². The van der Waals surface area contributed by atoms with Crippen LogP contribution in [0.15, 0.2) is 41.7 Å². The molecular formula is C30H39BN4O5. The second kappa shape index (κ2) is 10.1. The number of pyridine rings is 1. The number of benzene rings is 1. The molecule has 10 heteroatoms. The van der Waals surface area contributed by atoms with Crippen LogP contribution in [-0.4, -0.2) is 59.9 Å². The SMILES string of the molecule is CC(C)C[C@H](NC(=O)C1CC(CNC(=O)c2cccc3ncccc23)=NO1)B1O[C@@H]2C[C@@H]3C[C@@H](C3(C)C)[C@]2(C)O1. The van der Waals surface area contributed by atoms with Gasteiger partial charge in [-0.15, -0.1) is 0 Å². The first kappa shape index (κ1) is 27.2. The molecule has 1 aromatic heterocycles. The molecule has 0 spiro atoms. The number of rotatable bonds is 8. The molecule has 3 aliphatic carbocycles. The molecule has 7 rings (SSSR count). The van der Waals surface area contributed by atoms with Gasteiger partial charge in [0, 0.05) is 23.6 Å². The highest BCUT2D eigenvalue weighted by molar-refractivity contribution is 6.48. The van der Waals surface area contributed by atoms with Crippen molar-refractivity contribution in [3.8, 4) is 0 Å². The summed E-state index contributed by atoms with van der Waals surface area (Å²) in [7, 11) is -0.493. The largest absolute Gasteiger partial charge is 0.481 e. The molecule has 2 aliphatic heterocycles. The van der Waals surface area contributed by atoms with E-state index in [-0.39, 0.29) is 41.4 Å². The Morgan fingerprint density at radius 2 is 1.98 bits per heavy atom. The molecule has 1 saturated heterocycles. The van der Waals surface area contributed by atoms with Gasteiger partial charge in [-0.25, -0.2) is 0 Å². The van der Waals surface area contributed by atoms with E-state index in [0.717, 1.165) is 23.7 Å². The first-order valence-electron chi connectivity index (χ1n) is 14.5. The van der Waals surface area contributed by atoms with Crippen molar-refractivity contribution < 1.29 is 23.7 Å². The van der Waals surface area contributed by atoms with Crippen LogP contribution in [0, 0.1) is 23.2 Å². The summed E-state index contributed by atoms with van der Waals surface area (Å²) in [5, 5.41) is 10.9. The number of amides is 2. The zero-order valence-corrected chi connectivity index (χ0v) is 24.0. The van der Waals surface area contributed by atoms with Gasteiger partial charge in [-0.05, 0) is 67.6 Å². The average molecular weight is 546 g/mol. The van der Waals surface area contributed by atoms with Gasteiger partial charge in [0.2, 0.25) is 6.10 Å². The van der Waals surface area contributed by atoms with E-state index < -0.39 is 13.2 Å². The molecule has 1 unspecified atom stereocenters. The van der Waals surface area contributed by atoms with Crippen molar-refractivity contribution in [3.63, 3.8) is 0 Å². The van der Waals surface area contributed by atoms with E-state index >= 15 is 0 Å². The van der Waals surface area contributed by atoms with E-state index in [0.29, 0.717) is 35.4 Å². The van der Waals surface area contributed by atoms with Crippen molar-refractivity contribution in [1.82, 2.24) is 15.6 Å². The third-order valence-electron chi connectivity index (χ3n) is 9.72. The van der Waals surface area contributed by atoms with Gasteiger partial charge in [-0.3, -0.25) is 14.6 Å². The molecule has 2 bridgehead atoms. The van der Waals surface area contributed by atoms with Crippen LogP contribution in [0.1, 0.15) is 70.7 Å². The highest BCUT2D eigenvalue weighted by atomic mass is 16.7. The van der Waals surface area contributed by atoms with Crippen LogP contribution in [0.5, 0.6) is 0 Å². The summed E-state index contributed by atoms with van der Waals surface area (Å²) in [5.74, 6) is 0.705. The lowest BCUT2D eigenvalue weighted by Crippen LogP contribution is -2.65. The highest BCUT2D eigenvalue weighted by Crippen LogP contribution is 2.65. The fraction of sp³-hybridized carbons (Fsp3) is 0.600. The van der Waals surface area contributed by atoms with Crippen LogP contribution < -0.4 is 10.6 Å². The Hall–Kier alpha value is -2.98. The van der Waals surface area contributed by atoms with Crippen LogP contribution in [0.3, 0.4) is 0 Å². The molecule has 212 valence electrons. The van der Waals surface area contributed by atoms with E-state index in [2.05, 4.69) is 55.4 Å². The maximum Gasteiger partial charge on any atom is 0.481 e. The summed E-state index contributed by atoms with van der Waals surface area (Å²) in [5.41, 5.74) is 1.84. The quantitative estimate of drug-likeness (QED) is 0.486. The Kier molecular flexibility index (Phi) is 6.90. The number of hydrogen-bond donors (Lipinski definition) is 2. The molecule has 2 aromatic rings. The third-order valence-corrected chi connectivity index (χ3v) is 9.72. The van der Waals surface area contributed by atoms with Gasteiger partial charge in [0.15, 0.2) is 0 Å². The number of nitrogens with zero attached hydrogens (tertiary/aromatic N) is 2.